The van der Waals surface area contributed by atoms with Gasteiger partial charge in [-0.2, -0.15) is 0 Å². The van der Waals surface area contributed by atoms with Crippen LogP contribution in [0.15, 0.2) is 24.5 Å². The fourth-order valence-electron chi connectivity index (χ4n) is 2.91. The Morgan fingerprint density at radius 2 is 2.09 bits per heavy atom. The molecule has 6 heteroatoms. The summed E-state index contributed by atoms with van der Waals surface area (Å²) >= 11 is 0. The third-order valence-electron chi connectivity index (χ3n) is 4.00. The van der Waals surface area contributed by atoms with Gasteiger partial charge < -0.3 is 9.67 Å². The largest absolute Gasteiger partial charge is 0.481 e. The molecule has 0 aromatic carbocycles. The predicted molar refractivity (Wildman–Crippen MR) is 88.3 cm³/mol. The lowest BCUT2D eigenvalue weighted by Crippen LogP contribution is -2.04. The summed E-state index contributed by atoms with van der Waals surface area (Å²) < 4.78 is 2.22. The summed E-state index contributed by atoms with van der Waals surface area (Å²) in [6.07, 6.45) is 7.20. The van der Waals surface area contributed by atoms with Gasteiger partial charge in [0.1, 0.15) is 16.9 Å². The molecule has 1 N–H and O–H groups in total. The van der Waals surface area contributed by atoms with Gasteiger partial charge in [0.05, 0.1) is 17.2 Å². The zero-order chi connectivity index (χ0) is 16.2. The predicted octanol–water partition coefficient (Wildman–Crippen LogP) is 3.19. The van der Waals surface area contributed by atoms with Gasteiger partial charge in [-0.25, -0.2) is 4.98 Å². The van der Waals surface area contributed by atoms with Gasteiger partial charge in [0.2, 0.25) is 0 Å². The number of carboxylic acid groups (broad SMARTS) is 1. The first-order chi connectivity index (χ1) is 11.2. The topological polar surface area (TPSA) is 80.9 Å². The number of aromatic nitrogens is 4. The molecule has 0 atom stereocenters. The zero-order valence-corrected chi connectivity index (χ0v) is 13.2. The minimum Gasteiger partial charge on any atom is -0.481 e. The molecule has 23 heavy (non-hydrogen) atoms. The molecule has 0 aliphatic heterocycles. The molecular formula is C17H20N4O2. The Bertz CT molecular complexity index is 841. The van der Waals surface area contributed by atoms with Gasteiger partial charge in [-0.1, -0.05) is 13.3 Å². The molecule has 0 bridgehead atoms. The van der Waals surface area contributed by atoms with Gasteiger partial charge in [0.15, 0.2) is 0 Å². The number of carbonyl (C=O) groups is 1. The summed E-state index contributed by atoms with van der Waals surface area (Å²) in [6, 6.07) is 3.84. The molecule has 0 saturated heterocycles. The molecule has 0 aliphatic rings. The van der Waals surface area contributed by atoms with Crippen LogP contribution in [0.3, 0.4) is 0 Å². The Kier molecular flexibility index (Phi) is 4.50. The second-order valence-electron chi connectivity index (χ2n) is 5.60. The average molecular weight is 312 g/mol. The summed E-state index contributed by atoms with van der Waals surface area (Å²) in [5.41, 5.74) is 3.65. The molecule has 3 aromatic heterocycles. The number of rotatable bonds is 7. The Morgan fingerprint density at radius 3 is 2.87 bits per heavy atom. The van der Waals surface area contributed by atoms with E-state index in [-0.39, 0.29) is 6.42 Å². The van der Waals surface area contributed by atoms with Crippen molar-refractivity contribution in [3.63, 3.8) is 0 Å². The number of hydrogen-bond donors (Lipinski definition) is 1. The quantitative estimate of drug-likeness (QED) is 0.678. The number of pyridine rings is 2. The highest BCUT2D eigenvalue weighted by Crippen LogP contribution is 2.24. The molecule has 3 heterocycles. The second-order valence-corrected chi connectivity index (χ2v) is 5.60. The molecule has 0 spiro atoms. The van der Waals surface area contributed by atoms with E-state index in [1.165, 1.54) is 0 Å². The van der Waals surface area contributed by atoms with Crippen molar-refractivity contribution in [2.45, 2.75) is 45.6 Å². The molecule has 0 fully saturated rings. The molecule has 120 valence electrons. The maximum absolute atomic E-state index is 10.6. The maximum atomic E-state index is 10.6. The van der Waals surface area contributed by atoms with Crippen molar-refractivity contribution >= 4 is 28.0 Å². The molecule has 3 aromatic rings. The summed E-state index contributed by atoms with van der Waals surface area (Å²) in [6.45, 7) is 2.92. The fraction of sp³-hybridized carbons (Fsp3) is 0.412. The van der Waals surface area contributed by atoms with Crippen molar-refractivity contribution < 1.29 is 9.90 Å². The Balaban J connectivity index is 1.91. The van der Waals surface area contributed by atoms with Crippen LogP contribution >= 0.6 is 0 Å². The van der Waals surface area contributed by atoms with E-state index in [0.717, 1.165) is 53.7 Å². The third-order valence-corrected chi connectivity index (χ3v) is 4.00. The van der Waals surface area contributed by atoms with Gasteiger partial charge in [-0.15, -0.1) is 0 Å². The lowest BCUT2D eigenvalue weighted by Gasteiger charge is -2.09. The number of aryl methyl sites for hydroxylation is 2. The maximum Gasteiger partial charge on any atom is 0.303 e. The van der Waals surface area contributed by atoms with Crippen molar-refractivity contribution in [1.29, 1.82) is 0 Å². The Morgan fingerprint density at radius 1 is 1.22 bits per heavy atom. The number of carboxylic acids is 1. The van der Waals surface area contributed by atoms with Crippen molar-refractivity contribution in [3.05, 3.63) is 30.4 Å². The second kappa shape index (κ2) is 6.73. The van der Waals surface area contributed by atoms with Crippen LogP contribution in [0.5, 0.6) is 0 Å². The zero-order valence-electron chi connectivity index (χ0n) is 13.2. The van der Waals surface area contributed by atoms with E-state index in [9.17, 15) is 4.79 Å². The van der Waals surface area contributed by atoms with Crippen molar-refractivity contribution in [2.24, 2.45) is 0 Å². The number of nitrogens with zero attached hydrogens (tertiary/aromatic N) is 4. The lowest BCUT2D eigenvalue weighted by atomic mass is 10.2. The van der Waals surface area contributed by atoms with Gasteiger partial charge in [0.25, 0.3) is 0 Å². The number of imidazole rings is 1. The molecule has 0 unspecified atom stereocenters. The smallest absolute Gasteiger partial charge is 0.303 e. The van der Waals surface area contributed by atoms with E-state index < -0.39 is 5.97 Å². The minimum absolute atomic E-state index is 0.236. The minimum atomic E-state index is -0.728. The number of fused-ring (bicyclic) bond motifs is 3. The normalized spacial score (nSPS) is 11.3. The van der Waals surface area contributed by atoms with Crippen LogP contribution in [0.1, 0.15) is 38.4 Å². The number of hydrogen-bond acceptors (Lipinski definition) is 4. The summed E-state index contributed by atoms with van der Waals surface area (Å²) in [5.74, 6) is 0.298. The summed E-state index contributed by atoms with van der Waals surface area (Å²) in [4.78, 5) is 24.2. The highest BCUT2D eigenvalue weighted by Gasteiger charge is 2.13. The fourth-order valence-corrected chi connectivity index (χ4v) is 2.91. The first-order valence-electron chi connectivity index (χ1n) is 8.01. The first-order valence-corrected chi connectivity index (χ1v) is 8.01. The molecular weight excluding hydrogens is 292 g/mol. The molecule has 3 rings (SSSR count). The van der Waals surface area contributed by atoms with Crippen LogP contribution in [0.2, 0.25) is 0 Å². The average Bonchev–Trinajstić information content (AvgIpc) is 2.92. The molecule has 0 amide bonds. The lowest BCUT2D eigenvalue weighted by molar-refractivity contribution is -0.137. The van der Waals surface area contributed by atoms with Crippen molar-refractivity contribution in [3.8, 4) is 0 Å². The van der Waals surface area contributed by atoms with E-state index >= 15 is 0 Å². The van der Waals surface area contributed by atoms with Crippen LogP contribution < -0.4 is 0 Å². The summed E-state index contributed by atoms with van der Waals surface area (Å²) in [5, 5.41) is 8.71. The van der Waals surface area contributed by atoms with Crippen LogP contribution in [-0.4, -0.2) is 30.6 Å². The third kappa shape index (κ3) is 3.16. The van der Waals surface area contributed by atoms with Gasteiger partial charge in [-0.05, 0) is 25.0 Å². The molecule has 0 radical (unpaired) electrons. The number of unbranched alkanes of at least 4 members (excludes halogenated alkanes) is 2. The van der Waals surface area contributed by atoms with E-state index in [1.54, 1.807) is 12.4 Å². The van der Waals surface area contributed by atoms with E-state index in [0.29, 0.717) is 6.42 Å². The van der Waals surface area contributed by atoms with Crippen LogP contribution in [-0.2, 0) is 17.8 Å². The first kappa shape index (κ1) is 15.4. The molecule has 0 saturated carbocycles. The van der Waals surface area contributed by atoms with Gasteiger partial charge >= 0.3 is 5.97 Å². The molecule has 0 aliphatic carbocycles. The monoisotopic (exact) mass is 312 g/mol. The Labute approximate surface area is 134 Å². The highest BCUT2D eigenvalue weighted by molar-refractivity contribution is 5.99. The SMILES string of the molecule is CCc1nc2cnc3cccnc3c2n1CCCCCC(=O)O. The van der Waals surface area contributed by atoms with Crippen molar-refractivity contribution in [2.75, 3.05) is 0 Å². The van der Waals surface area contributed by atoms with Gasteiger partial charge in [-0.3, -0.25) is 14.8 Å². The summed E-state index contributed by atoms with van der Waals surface area (Å²) in [7, 11) is 0. The van der Waals surface area contributed by atoms with Crippen LogP contribution in [0, 0.1) is 0 Å². The van der Waals surface area contributed by atoms with E-state index in [1.807, 2.05) is 12.1 Å². The van der Waals surface area contributed by atoms with E-state index in [2.05, 4.69) is 26.4 Å². The Hall–Kier alpha value is -2.50. The number of aliphatic carboxylic acids is 1. The van der Waals surface area contributed by atoms with E-state index in [4.69, 9.17) is 5.11 Å². The van der Waals surface area contributed by atoms with Crippen LogP contribution in [0.4, 0.5) is 0 Å². The van der Waals surface area contributed by atoms with Gasteiger partial charge in [0, 0.05) is 25.6 Å². The van der Waals surface area contributed by atoms with Crippen molar-refractivity contribution in [1.82, 2.24) is 19.5 Å². The standard InChI is InChI=1S/C17H20N4O2/c1-2-14-20-13-11-19-12-7-6-9-18-16(12)17(13)21(14)10-5-3-4-8-15(22)23/h6-7,9,11H,2-5,8,10H2,1H3,(H,22,23). The van der Waals surface area contributed by atoms with Crippen LogP contribution in [0.25, 0.3) is 22.1 Å². The molecule has 6 nitrogen and oxygen atoms in total. The highest BCUT2D eigenvalue weighted by atomic mass is 16.4.